The quantitative estimate of drug-likeness (QED) is 0.713. The van der Waals surface area contributed by atoms with Crippen LogP contribution in [0.5, 0.6) is 5.75 Å². The molecule has 2 N–H and O–H groups in total. The van der Waals surface area contributed by atoms with Crippen molar-refractivity contribution >= 4 is 35.0 Å². The molecule has 2 heterocycles. The Morgan fingerprint density at radius 2 is 2.00 bits per heavy atom. The Kier molecular flexibility index (Phi) is 5.83. The highest BCUT2D eigenvalue weighted by Gasteiger charge is 2.32. The van der Waals surface area contributed by atoms with Crippen molar-refractivity contribution < 1.29 is 27.5 Å². The van der Waals surface area contributed by atoms with Crippen molar-refractivity contribution in [2.24, 2.45) is 0 Å². The molecule has 1 atom stereocenters. The molecule has 1 aromatic carbocycles. The standard InChI is InChI=1S/C18H16ClF3N4O3/c1-2-12(10-3-5-11(6-4-10)29-18(20,21)22)24-17(28)26-9-15(27)23-13-7-8-14(19)25-16(13)26/h3-8,12H,2,9H2,1H3,(H,23,27)(H,24,28). The summed E-state index contributed by atoms with van der Waals surface area (Å²) in [5, 5.41) is 5.53. The third-order valence-corrected chi connectivity index (χ3v) is 4.35. The van der Waals surface area contributed by atoms with E-state index in [0.717, 1.165) is 4.90 Å². The Morgan fingerprint density at radius 3 is 2.62 bits per heavy atom. The first-order chi connectivity index (χ1) is 13.7. The van der Waals surface area contributed by atoms with Gasteiger partial charge in [-0.1, -0.05) is 30.7 Å². The maximum absolute atomic E-state index is 12.8. The average Bonchev–Trinajstić information content (AvgIpc) is 2.65. The first-order valence-electron chi connectivity index (χ1n) is 8.56. The van der Waals surface area contributed by atoms with E-state index >= 15 is 0 Å². The number of anilines is 2. The molecule has 0 saturated heterocycles. The van der Waals surface area contributed by atoms with Gasteiger partial charge in [0.05, 0.1) is 11.7 Å². The van der Waals surface area contributed by atoms with Crippen LogP contribution in [-0.4, -0.2) is 29.8 Å². The van der Waals surface area contributed by atoms with Gasteiger partial charge < -0.3 is 15.4 Å². The van der Waals surface area contributed by atoms with Gasteiger partial charge in [-0.3, -0.25) is 9.69 Å². The van der Waals surface area contributed by atoms with Crippen LogP contribution in [0.25, 0.3) is 0 Å². The molecule has 1 aliphatic heterocycles. The van der Waals surface area contributed by atoms with E-state index in [1.807, 2.05) is 0 Å². The lowest BCUT2D eigenvalue weighted by atomic mass is 10.0. The molecular formula is C18H16ClF3N4O3. The normalized spacial score (nSPS) is 14.7. The second-order valence-corrected chi connectivity index (χ2v) is 6.55. The molecule has 3 amide bonds. The molecule has 1 aromatic heterocycles. The molecule has 0 spiro atoms. The summed E-state index contributed by atoms with van der Waals surface area (Å²) >= 11 is 5.90. The molecule has 0 saturated carbocycles. The molecule has 29 heavy (non-hydrogen) atoms. The molecule has 7 nitrogen and oxygen atoms in total. The average molecular weight is 429 g/mol. The van der Waals surface area contributed by atoms with E-state index in [2.05, 4.69) is 20.4 Å². The fourth-order valence-corrected chi connectivity index (χ4v) is 3.00. The highest BCUT2D eigenvalue weighted by atomic mass is 35.5. The van der Waals surface area contributed by atoms with Gasteiger partial charge in [-0.2, -0.15) is 0 Å². The molecule has 154 valence electrons. The van der Waals surface area contributed by atoms with Crippen LogP contribution in [0.3, 0.4) is 0 Å². The highest BCUT2D eigenvalue weighted by molar-refractivity contribution is 6.29. The lowest BCUT2D eigenvalue weighted by molar-refractivity contribution is -0.274. The van der Waals surface area contributed by atoms with Crippen LogP contribution in [0, 0.1) is 0 Å². The second-order valence-electron chi connectivity index (χ2n) is 6.17. The van der Waals surface area contributed by atoms with Crippen molar-refractivity contribution in [1.82, 2.24) is 10.3 Å². The van der Waals surface area contributed by atoms with Crippen molar-refractivity contribution in [1.29, 1.82) is 0 Å². The van der Waals surface area contributed by atoms with Gasteiger partial charge in [0.2, 0.25) is 5.91 Å². The Labute approximate surface area is 168 Å². The number of aromatic nitrogens is 1. The molecule has 0 radical (unpaired) electrons. The van der Waals surface area contributed by atoms with Crippen LogP contribution in [0.2, 0.25) is 5.15 Å². The van der Waals surface area contributed by atoms with Gasteiger partial charge in [-0.05, 0) is 36.2 Å². The van der Waals surface area contributed by atoms with E-state index in [1.54, 1.807) is 13.0 Å². The fourth-order valence-electron chi connectivity index (χ4n) is 2.85. The van der Waals surface area contributed by atoms with Crippen LogP contribution in [-0.2, 0) is 4.79 Å². The molecule has 0 fully saturated rings. The number of alkyl halides is 3. The maximum atomic E-state index is 12.8. The van der Waals surface area contributed by atoms with E-state index < -0.39 is 24.3 Å². The number of carbonyl (C=O) groups is 2. The van der Waals surface area contributed by atoms with Gasteiger partial charge in [-0.25, -0.2) is 9.78 Å². The molecule has 2 aromatic rings. The monoisotopic (exact) mass is 428 g/mol. The molecule has 0 bridgehead atoms. The SMILES string of the molecule is CCC(NC(=O)N1CC(=O)Nc2ccc(Cl)nc21)c1ccc(OC(F)(F)F)cc1. The number of nitrogens with one attached hydrogen (secondary N) is 2. The third kappa shape index (κ3) is 5.08. The zero-order valence-electron chi connectivity index (χ0n) is 15.1. The minimum absolute atomic E-state index is 0.157. The summed E-state index contributed by atoms with van der Waals surface area (Å²) in [6, 6.07) is 7.14. The van der Waals surface area contributed by atoms with E-state index in [-0.39, 0.29) is 23.3 Å². The lowest BCUT2D eigenvalue weighted by Crippen LogP contribution is -2.48. The molecule has 1 aliphatic rings. The topological polar surface area (TPSA) is 83.6 Å². The smallest absolute Gasteiger partial charge is 0.406 e. The van der Waals surface area contributed by atoms with Crippen LogP contribution in [0.1, 0.15) is 24.9 Å². The summed E-state index contributed by atoms with van der Waals surface area (Å²) in [6.07, 6.45) is -4.32. The van der Waals surface area contributed by atoms with Gasteiger partial charge in [0, 0.05) is 0 Å². The number of fused-ring (bicyclic) bond motifs is 1. The zero-order valence-corrected chi connectivity index (χ0v) is 15.8. The number of hydrogen-bond acceptors (Lipinski definition) is 4. The first-order valence-corrected chi connectivity index (χ1v) is 8.94. The van der Waals surface area contributed by atoms with Crippen LogP contribution in [0.4, 0.5) is 29.5 Å². The van der Waals surface area contributed by atoms with E-state index in [9.17, 15) is 22.8 Å². The number of urea groups is 1. The summed E-state index contributed by atoms with van der Waals surface area (Å²) in [7, 11) is 0. The van der Waals surface area contributed by atoms with Crippen molar-refractivity contribution in [3.05, 3.63) is 47.1 Å². The van der Waals surface area contributed by atoms with Gasteiger partial charge >= 0.3 is 12.4 Å². The summed E-state index contributed by atoms with van der Waals surface area (Å²) in [6.45, 7) is 1.55. The van der Waals surface area contributed by atoms with Crippen LogP contribution < -0.4 is 20.3 Å². The number of rotatable bonds is 4. The number of carbonyl (C=O) groups excluding carboxylic acids is 2. The lowest BCUT2D eigenvalue weighted by Gasteiger charge is -2.30. The Bertz CT molecular complexity index is 922. The summed E-state index contributed by atoms with van der Waals surface area (Å²) in [5.74, 6) is -0.542. The highest BCUT2D eigenvalue weighted by Crippen LogP contribution is 2.30. The Balaban J connectivity index is 1.77. The molecular weight excluding hydrogens is 413 g/mol. The molecule has 3 rings (SSSR count). The number of hydrogen-bond donors (Lipinski definition) is 2. The van der Waals surface area contributed by atoms with Crippen LogP contribution >= 0.6 is 11.6 Å². The van der Waals surface area contributed by atoms with Gasteiger partial charge in [-0.15, -0.1) is 13.2 Å². The maximum Gasteiger partial charge on any atom is 0.573 e. The molecule has 1 unspecified atom stereocenters. The molecule has 11 heteroatoms. The summed E-state index contributed by atoms with van der Waals surface area (Å²) < 4.78 is 40.7. The van der Waals surface area contributed by atoms with E-state index in [1.165, 1.54) is 30.3 Å². The van der Waals surface area contributed by atoms with E-state index in [4.69, 9.17) is 11.6 Å². The Hall–Kier alpha value is -3.01. The van der Waals surface area contributed by atoms with Crippen molar-refractivity contribution in [3.63, 3.8) is 0 Å². The predicted octanol–water partition coefficient (Wildman–Crippen LogP) is 4.25. The van der Waals surface area contributed by atoms with Crippen LogP contribution in [0.15, 0.2) is 36.4 Å². The number of pyridine rings is 1. The first kappa shape index (κ1) is 20.7. The summed E-state index contributed by atoms with van der Waals surface area (Å²) in [5.41, 5.74) is 0.929. The zero-order chi connectivity index (χ0) is 21.2. The predicted molar refractivity (Wildman–Crippen MR) is 99.9 cm³/mol. The Morgan fingerprint density at radius 1 is 1.31 bits per heavy atom. The number of benzene rings is 1. The van der Waals surface area contributed by atoms with Gasteiger partial charge in [0.1, 0.15) is 17.4 Å². The summed E-state index contributed by atoms with van der Waals surface area (Å²) in [4.78, 5) is 29.9. The third-order valence-electron chi connectivity index (χ3n) is 4.14. The van der Waals surface area contributed by atoms with E-state index in [0.29, 0.717) is 17.7 Å². The second kappa shape index (κ2) is 8.16. The number of amides is 3. The van der Waals surface area contributed by atoms with Gasteiger partial charge in [0.25, 0.3) is 0 Å². The largest absolute Gasteiger partial charge is 0.573 e. The number of ether oxygens (including phenoxy) is 1. The minimum Gasteiger partial charge on any atom is -0.406 e. The van der Waals surface area contributed by atoms with Crippen molar-refractivity contribution in [3.8, 4) is 5.75 Å². The fraction of sp³-hybridized carbons (Fsp3) is 0.278. The van der Waals surface area contributed by atoms with Gasteiger partial charge in [0.15, 0.2) is 5.82 Å². The number of nitrogens with zero attached hydrogens (tertiary/aromatic N) is 2. The minimum atomic E-state index is -4.78. The van der Waals surface area contributed by atoms with Crippen molar-refractivity contribution in [2.75, 3.05) is 16.8 Å². The van der Waals surface area contributed by atoms with Crippen molar-refractivity contribution in [2.45, 2.75) is 25.7 Å². The molecule has 0 aliphatic carbocycles. The number of halogens is 4.